The number of phenols is 1. The summed E-state index contributed by atoms with van der Waals surface area (Å²) in [6.45, 7) is 0. The second-order valence-electron chi connectivity index (χ2n) is 6.60. The van der Waals surface area contributed by atoms with Crippen molar-refractivity contribution in [3.63, 3.8) is 0 Å². The van der Waals surface area contributed by atoms with Gasteiger partial charge in [-0.1, -0.05) is 15.9 Å². The third-order valence-electron chi connectivity index (χ3n) is 4.75. The molecule has 0 atom stereocenters. The van der Waals surface area contributed by atoms with Crippen LogP contribution in [0.2, 0.25) is 0 Å². The van der Waals surface area contributed by atoms with E-state index in [-0.39, 0.29) is 23.2 Å². The van der Waals surface area contributed by atoms with Crippen molar-refractivity contribution in [2.24, 2.45) is 4.99 Å². The van der Waals surface area contributed by atoms with Gasteiger partial charge in [0.05, 0.1) is 11.3 Å². The molecule has 8 heteroatoms. The summed E-state index contributed by atoms with van der Waals surface area (Å²) < 4.78 is 0.858. The van der Waals surface area contributed by atoms with Gasteiger partial charge in [0.2, 0.25) is 11.7 Å². The van der Waals surface area contributed by atoms with E-state index in [4.69, 9.17) is 0 Å². The number of allylic oxidation sites excluding steroid dienone is 1. The van der Waals surface area contributed by atoms with Crippen LogP contribution in [-0.2, 0) is 0 Å². The maximum atomic E-state index is 13.0. The Kier molecular flexibility index (Phi) is 3.88. The Bertz CT molecular complexity index is 1360. The number of phenolic OH excluding ortho intramolecular Hbond substituents is 1. The highest BCUT2D eigenvalue weighted by Gasteiger charge is 2.21. The monoisotopic (exact) mass is 448 g/mol. The molecule has 2 aromatic carbocycles. The molecule has 0 amide bonds. The number of halogens is 1. The van der Waals surface area contributed by atoms with Gasteiger partial charge in [0.15, 0.2) is 5.82 Å². The highest BCUT2D eigenvalue weighted by Crippen LogP contribution is 2.35. The summed E-state index contributed by atoms with van der Waals surface area (Å²) in [5.74, 6) is -0.442. The molecule has 0 unspecified atom stereocenters. The average Bonchev–Trinajstić information content (AvgIpc) is 3.39. The van der Waals surface area contributed by atoms with Gasteiger partial charge in [-0.05, 0) is 36.4 Å². The fraction of sp³-hybridized carbons (Fsp3) is 0. The highest BCUT2D eigenvalue weighted by atomic mass is 79.9. The van der Waals surface area contributed by atoms with Crippen LogP contribution >= 0.6 is 15.9 Å². The molecule has 0 radical (unpaired) electrons. The van der Waals surface area contributed by atoms with Gasteiger partial charge < -0.3 is 20.2 Å². The fourth-order valence-electron chi connectivity index (χ4n) is 3.34. The minimum absolute atomic E-state index is 0.0380. The number of aromatic amines is 2. The van der Waals surface area contributed by atoms with Crippen LogP contribution in [0.25, 0.3) is 22.6 Å². The van der Waals surface area contributed by atoms with Crippen molar-refractivity contribution in [1.29, 1.82) is 0 Å². The smallest absolute Gasteiger partial charge is 0.237 e. The Labute approximate surface area is 172 Å². The normalized spacial score (nSPS) is 14.0. The first-order chi connectivity index (χ1) is 14.0. The molecule has 0 saturated heterocycles. The fourth-order valence-corrected chi connectivity index (χ4v) is 3.71. The molecule has 1 aliphatic rings. The number of aromatic hydroxyl groups is 2. The quantitative estimate of drug-likeness (QED) is 0.344. The maximum absolute atomic E-state index is 13.0. The molecule has 0 spiro atoms. The second kappa shape index (κ2) is 6.46. The number of ketones is 1. The third-order valence-corrected chi connectivity index (χ3v) is 5.24. The molecule has 1 aliphatic heterocycles. The largest absolute Gasteiger partial charge is 0.508 e. The summed E-state index contributed by atoms with van der Waals surface area (Å²) in [5.41, 5.74) is 3.77. The molecular formula is C21H13BrN4O3. The van der Waals surface area contributed by atoms with Gasteiger partial charge in [0.25, 0.3) is 0 Å². The Morgan fingerprint density at radius 1 is 1.14 bits per heavy atom. The number of rotatable bonds is 3. The van der Waals surface area contributed by atoms with Gasteiger partial charge >= 0.3 is 0 Å². The molecule has 5 rings (SSSR count). The number of hydrogen-bond acceptors (Lipinski definition) is 5. The molecule has 0 aliphatic carbocycles. The first-order valence-corrected chi connectivity index (χ1v) is 9.48. The van der Waals surface area contributed by atoms with Crippen molar-refractivity contribution in [2.75, 3.05) is 0 Å². The van der Waals surface area contributed by atoms with Crippen molar-refractivity contribution in [1.82, 2.24) is 15.0 Å². The van der Waals surface area contributed by atoms with Crippen molar-refractivity contribution in [3.05, 3.63) is 69.7 Å². The van der Waals surface area contributed by atoms with E-state index in [1.54, 1.807) is 36.7 Å². The molecule has 7 nitrogen and oxygen atoms in total. The van der Waals surface area contributed by atoms with E-state index in [0.29, 0.717) is 16.9 Å². The van der Waals surface area contributed by atoms with Crippen LogP contribution in [-0.4, -0.2) is 37.2 Å². The van der Waals surface area contributed by atoms with Gasteiger partial charge in [-0.2, -0.15) is 4.98 Å². The van der Waals surface area contributed by atoms with Crippen molar-refractivity contribution >= 4 is 56.2 Å². The van der Waals surface area contributed by atoms with Gasteiger partial charge in [-0.25, -0.2) is 0 Å². The van der Waals surface area contributed by atoms with Gasteiger partial charge in [0.1, 0.15) is 11.4 Å². The molecule has 142 valence electrons. The predicted octanol–water partition coefficient (Wildman–Crippen LogP) is 4.55. The average molecular weight is 449 g/mol. The minimum Gasteiger partial charge on any atom is -0.508 e. The van der Waals surface area contributed by atoms with Crippen LogP contribution in [0.1, 0.15) is 27.4 Å². The number of H-pyrrole nitrogens is 2. The molecule has 4 aromatic rings. The van der Waals surface area contributed by atoms with E-state index in [1.807, 2.05) is 18.2 Å². The number of hydrogen-bond donors (Lipinski definition) is 4. The first-order valence-electron chi connectivity index (χ1n) is 8.69. The van der Waals surface area contributed by atoms with Gasteiger partial charge in [0, 0.05) is 45.0 Å². The number of fused-ring (bicyclic) bond motifs is 2. The zero-order chi connectivity index (χ0) is 20.1. The second-order valence-corrected chi connectivity index (χ2v) is 7.52. The molecule has 0 bridgehead atoms. The van der Waals surface area contributed by atoms with E-state index < -0.39 is 0 Å². The number of nitrogens with zero attached hydrogens (tertiary/aromatic N) is 2. The van der Waals surface area contributed by atoms with E-state index in [0.717, 1.165) is 26.5 Å². The summed E-state index contributed by atoms with van der Waals surface area (Å²) in [4.78, 5) is 27.2. The number of benzene rings is 2. The van der Waals surface area contributed by atoms with Crippen LogP contribution < -0.4 is 0 Å². The van der Waals surface area contributed by atoms with Crippen molar-refractivity contribution in [2.45, 2.75) is 0 Å². The minimum atomic E-state index is -0.334. The third kappa shape index (κ3) is 2.94. The molecule has 0 fully saturated rings. The van der Waals surface area contributed by atoms with Crippen LogP contribution in [0.3, 0.4) is 0 Å². The summed E-state index contributed by atoms with van der Waals surface area (Å²) in [7, 11) is 0. The molecule has 29 heavy (non-hydrogen) atoms. The number of nitrogens with one attached hydrogen (secondary N) is 2. The summed E-state index contributed by atoms with van der Waals surface area (Å²) in [6.07, 6.45) is 4.92. The summed E-state index contributed by atoms with van der Waals surface area (Å²) in [6, 6.07) is 10.5. The number of aromatic nitrogens is 3. The Morgan fingerprint density at radius 3 is 2.86 bits per heavy atom. The van der Waals surface area contributed by atoms with Crippen LogP contribution in [0.4, 0.5) is 5.69 Å². The first kappa shape index (κ1) is 17.4. The SMILES string of the molecule is O=C(c1nc(O)c(C=C2C=Nc3cc(O)ccc32)[nH]1)c1c[nH]c2ccc(Br)cc12. The zero-order valence-electron chi connectivity index (χ0n) is 14.8. The molecule has 2 aromatic heterocycles. The summed E-state index contributed by atoms with van der Waals surface area (Å²) >= 11 is 3.41. The standard InChI is InChI=1S/C21H13BrN4O3/c22-11-1-4-16-14(6-11)15(9-24-16)19(28)20-25-18(21(29)26-20)5-10-8-23-17-7-12(27)2-3-13(10)17/h1-9,24,27,29H,(H,25,26). The lowest BCUT2D eigenvalue weighted by Gasteiger charge is -2.00. The van der Waals surface area contributed by atoms with E-state index in [1.165, 1.54) is 0 Å². The van der Waals surface area contributed by atoms with E-state index >= 15 is 0 Å². The number of carbonyl (C=O) groups excluding carboxylic acids is 1. The van der Waals surface area contributed by atoms with Crippen LogP contribution in [0.5, 0.6) is 11.6 Å². The lowest BCUT2D eigenvalue weighted by Crippen LogP contribution is -2.02. The Hall–Kier alpha value is -3.65. The highest BCUT2D eigenvalue weighted by molar-refractivity contribution is 9.10. The van der Waals surface area contributed by atoms with E-state index in [2.05, 4.69) is 35.9 Å². The molecule has 3 heterocycles. The van der Waals surface area contributed by atoms with Gasteiger partial charge in [-0.15, -0.1) is 0 Å². The Balaban J connectivity index is 1.52. The number of carbonyl (C=O) groups is 1. The zero-order valence-corrected chi connectivity index (χ0v) is 16.4. The molecular weight excluding hydrogens is 436 g/mol. The molecule has 0 saturated carbocycles. The maximum Gasteiger partial charge on any atom is 0.237 e. The van der Waals surface area contributed by atoms with Crippen LogP contribution in [0, 0.1) is 0 Å². The number of aliphatic imine (C=N–C) groups is 1. The van der Waals surface area contributed by atoms with Crippen LogP contribution in [0.15, 0.2) is 52.1 Å². The van der Waals surface area contributed by atoms with E-state index in [9.17, 15) is 15.0 Å². The van der Waals surface area contributed by atoms with Crippen molar-refractivity contribution < 1.29 is 15.0 Å². The topological polar surface area (TPSA) is 114 Å². The van der Waals surface area contributed by atoms with Crippen molar-refractivity contribution in [3.8, 4) is 11.6 Å². The predicted molar refractivity (Wildman–Crippen MR) is 114 cm³/mol. The Morgan fingerprint density at radius 2 is 2.00 bits per heavy atom. The molecule has 4 N–H and O–H groups in total. The lowest BCUT2D eigenvalue weighted by atomic mass is 10.1. The number of imidazole rings is 1. The van der Waals surface area contributed by atoms with Gasteiger partial charge in [-0.3, -0.25) is 9.79 Å². The summed E-state index contributed by atoms with van der Waals surface area (Å²) in [5, 5.41) is 20.6. The lowest BCUT2D eigenvalue weighted by molar-refractivity contribution is 0.103.